The molecular formula is C13H23N3. The van der Waals surface area contributed by atoms with E-state index in [1.54, 1.807) is 0 Å². The average Bonchev–Trinajstić information content (AvgIpc) is 2.66. The fourth-order valence-corrected chi connectivity index (χ4v) is 2.56. The van der Waals surface area contributed by atoms with Crippen LogP contribution in [0.5, 0.6) is 0 Å². The lowest BCUT2D eigenvalue weighted by Crippen LogP contribution is -2.35. The van der Waals surface area contributed by atoms with Gasteiger partial charge >= 0.3 is 0 Å². The van der Waals surface area contributed by atoms with Crippen LogP contribution in [0.25, 0.3) is 0 Å². The largest absolute Gasteiger partial charge is 0.310 e. The summed E-state index contributed by atoms with van der Waals surface area (Å²) in [6.07, 6.45) is 8.04. The zero-order valence-electron chi connectivity index (χ0n) is 10.6. The van der Waals surface area contributed by atoms with Gasteiger partial charge in [-0.2, -0.15) is 5.10 Å². The fourth-order valence-electron chi connectivity index (χ4n) is 2.56. The first-order chi connectivity index (χ1) is 7.65. The van der Waals surface area contributed by atoms with Crippen LogP contribution in [0, 0.1) is 11.8 Å². The molecule has 1 saturated carbocycles. The highest BCUT2D eigenvalue weighted by atomic mass is 15.2. The summed E-state index contributed by atoms with van der Waals surface area (Å²) in [5.41, 5.74) is 1.29. The third-order valence-electron chi connectivity index (χ3n) is 3.95. The second-order valence-corrected chi connectivity index (χ2v) is 5.37. The van der Waals surface area contributed by atoms with Gasteiger partial charge in [0.2, 0.25) is 0 Å². The van der Waals surface area contributed by atoms with Crippen molar-refractivity contribution in [2.45, 2.75) is 45.7 Å². The second kappa shape index (κ2) is 5.00. The van der Waals surface area contributed by atoms with Crippen molar-refractivity contribution in [1.82, 2.24) is 15.1 Å². The molecule has 1 aliphatic rings. The lowest BCUT2D eigenvalue weighted by atomic mass is 9.79. The quantitative estimate of drug-likeness (QED) is 0.849. The molecule has 3 unspecified atom stereocenters. The molecule has 16 heavy (non-hydrogen) atoms. The molecule has 1 heterocycles. The zero-order chi connectivity index (χ0) is 11.5. The Bertz CT molecular complexity index is 332. The van der Waals surface area contributed by atoms with Crippen LogP contribution in [0.4, 0.5) is 0 Å². The van der Waals surface area contributed by atoms with E-state index in [9.17, 15) is 0 Å². The topological polar surface area (TPSA) is 29.9 Å². The molecule has 1 aromatic heterocycles. The molecule has 1 N–H and O–H groups in total. The van der Waals surface area contributed by atoms with Crippen molar-refractivity contribution in [2.24, 2.45) is 18.9 Å². The molecule has 3 atom stereocenters. The first-order valence-corrected chi connectivity index (χ1v) is 6.36. The first-order valence-electron chi connectivity index (χ1n) is 6.36. The minimum atomic E-state index is 0.700. The van der Waals surface area contributed by atoms with Gasteiger partial charge in [-0.25, -0.2) is 0 Å². The van der Waals surface area contributed by atoms with Crippen molar-refractivity contribution in [3.63, 3.8) is 0 Å². The molecule has 2 rings (SSSR count). The molecule has 0 bridgehead atoms. The maximum atomic E-state index is 4.18. The molecule has 1 fully saturated rings. The summed E-state index contributed by atoms with van der Waals surface area (Å²) in [6, 6.07) is 0.700. The third kappa shape index (κ3) is 2.85. The van der Waals surface area contributed by atoms with Gasteiger partial charge in [0.15, 0.2) is 0 Å². The van der Waals surface area contributed by atoms with Gasteiger partial charge in [0, 0.05) is 31.4 Å². The Balaban J connectivity index is 1.78. The maximum absolute atomic E-state index is 4.18. The molecule has 0 saturated heterocycles. The molecule has 0 radical (unpaired) electrons. The van der Waals surface area contributed by atoms with E-state index in [0.717, 1.165) is 18.4 Å². The molecule has 0 aliphatic heterocycles. The van der Waals surface area contributed by atoms with Crippen molar-refractivity contribution in [2.75, 3.05) is 0 Å². The van der Waals surface area contributed by atoms with E-state index in [-0.39, 0.29) is 0 Å². The highest BCUT2D eigenvalue weighted by molar-refractivity contribution is 5.03. The summed E-state index contributed by atoms with van der Waals surface area (Å²) in [5.74, 6) is 1.76. The Morgan fingerprint density at radius 2 is 2.19 bits per heavy atom. The molecule has 3 heteroatoms. The van der Waals surface area contributed by atoms with Crippen LogP contribution in [0.2, 0.25) is 0 Å². The summed E-state index contributed by atoms with van der Waals surface area (Å²) in [5, 5.41) is 7.83. The predicted octanol–water partition coefficient (Wildman–Crippen LogP) is 2.33. The summed E-state index contributed by atoms with van der Waals surface area (Å²) >= 11 is 0. The van der Waals surface area contributed by atoms with E-state index >= 15 is 0 Å². The Morgan fingerprint density at radius 1 is 1.38 bits per heavy atom. The van der Waals surface area contributed by atoms with Gasteiger partial charge in [-0.3, -0.25) is 4.68 Å². The second-order valence-electron chi connectivity index (χ2n) is 5.37. The standard InChI is InChI=1S/C13H23N3/c1-10-4-5-13(6-11(10)2)14-7-12-8-15-16(3)9-12/h8-11,13-14H,4-7H2,1-3H3. The lowest BCUT2D eigenvalue weighted by molar-refractivity contribution is 0.225. The highest BCUT2D eigenvalue weighted by Gasteiger charge is 2.23. The van der Waals surface area contributed by atoms with Crippen molar-refractivity contribution >= 4 is 0 Å². The van der Waals surface area contributed by atoms with E-state index < -0.39 is 0 Å². The van der Waals surface area contributed by atoms with Gasteiger partial charge in [0.1, 0.15) is 0 Å². The van der Waals surface area contributed by atoms with E-state index in [1.807, 2.05) is 17.9 Å². The number of hydrogen-bond acceptors (Lipinski definition) is 2. The Kier molecular flexibility index (Phi) is 3.64. The molecule has 0 aromatic carbocycles. The summed E-state index contributed by atoms with van der Waals surface area (Å²) in [7, 11) is 1.97. The van der Waals surface area contributed by atoms with E-state index in [2.05, 4.69) is 30.5 Å². The van der Waals surface area contributed by atoms with Gasteiger partial charge < -0.3 is 5.32 Å². The van der Waals surface area contributed by atoms with E-state index in [1.165, 1.54) is 24.8 Å². The summed E-state index contributed by atoms with van der Waals surface area (Å²) < 4.78 is 1.86. The van der Waals surface area contributed by atoms with Crippen LogP contribution in [0.3, 0.4) is 0 Å². The summed E-state index contributed by atoms with van der Waals surface area (Å²) in [6.45, 7) is 5.71. The van der Waals surface area contributed by atoms with Crippen LogP contribution < -0.4 is 5.32 Å². The van der Waals surface area contributed by atoms with Crippen LogP contribution in [0.15, 0.2) is 12.4 Å². The number of hydrogen-bond donors (Lipinski definition) is 1. The molecule has 0 spiro atoms. The van der Waals surface area contributed by atoms with Crippen LogP contribution in [0.1, 0.15) is 38.7 Å². The van der Waals surface area contributed by atoms with Crippen molar-refractivity contribution < 1.29 is 0 Å². The van der Waals surface area contributed by atoms with E-state index in [0.29, 0.717) is 6.04 Å². The van der Waals surface area contributed by atoms with Gasteiger partial charge in [0.05, 0.1) is 6.20 Å². The minimum absolute atomic E-state index is 0.700. The van der Waals surface area contributed by atoms with Crippen LogP contribution >= 0.6 is 0 Å². The highest BCUT2D eigenvalue weighted by Crippen LogP contribution is 2.29. The number of aryl methyl sites for hydroxylation is 1. The Hall–Kier alpha value is -0.830. The Labute approximate surface area is 98.2 Å². The van der Waals surface area contributed by atoms with Crippen molar-refractivity contribution in [1.29, 1.82) is 0 Å². The number of aromatic nitrogens is 2. The molecule has 90 valence electrons. The normalized spacial score (nSPS) is 30.6. The summed E-state index contributed by atoms with van der Waals surface area (Å²) in [4.78, 5) is 0. The Morgan fingerprint density at radius 3 is 2.81 bits per heavy atom. The fraction of sp³-hybridized carbons (Fsp3) is 0.769. The SMILES string of the molecule is CC1CCC(NCc2cnn(C)c2)CC1C. The van der Waals surface area contributed by atoms with E-state index in [4.69, 9.17) is 0 Å². The molecule has 0 amide bonds. The zero-order valence-corrected chi connectivity index (χ0v) is 10.6. The van der Waals surface area contributed by atoms with Gasteiger partial charge in [-0.15, -0.1) is 0 Å². The van der Waals surface area contributed by atoms with Gasteiger partial charge in [-0.1, -0.05) is 13.8 Å². The molecule has 3 nitrogen and oxygen atoms in total. The number of nitrogens with one attached hydrogen (secondary N) is 1. The van der Waals surface area contributed by atoms with Crippen molar-refractivity contribution in [3.8, 4) is 0 Å². The first kappa shape index (κ1) is 11.6. The number of nitrogens with zero attached hydrogens (tertiary/aromatic N) is 2. The monoisotopic (exact) mass is 221 g/mol. The van der Waals surface area contributed by atoms with Gasteiger partial charge in [0.25, 0.3) is 0 Å². The van der Waals surface area contributed by atoms with Crippen LogP contribution in [-0.2, 0) is 13.6 Å². The van der Waals surface area contributed by atoms with Crippen molar-refractivity contribution in [3.05, 3.63) is 18.0 Å². The predicted molar refractivity (Wildman–Crippen MR) is 66.0 cm³/mol. The smallest absolute Gasteiger partial charge is 0.0534 e. The average molecular weight is 221 g/mol. The minimum Gasteiger partial charge on any atom is -0.310 e. The maximum Gasteiger partial charge on any atom is 0.0534 e. The molecule has 1 aromatic rings. The molecule has 1 aliphatic carbocycles. The number of rotatable bonds is 3. The lowest BCUT2D eigenvalue weighted by Gasteiger charge is -2.32. The molecular weight excluding hydrogens is 198 g/mol. The third-order valence-corrected chi connectivity index (χ3v) is 3.95. The van der Waals surface area contributed by atoms with Gasteiger partial charge in [-0.05, 0) is 31.1 Å². The van der Waals surface area contributed by atoms with Crippen LogP contribution in [-0.4, -0.2) is 15.8 Å².